The first-order valence-corrected chi connectivity index (χ1v) is 8.18. The minimum Gasteiger partial charge on any atom is -0.497 e. The van der Waals surface area contributed by atoms with E-state index in [0.29, 0.717) is 17.3 Å². The van der Waals surface area contributed by atoms with Crippen LogP contribution in [-0.2, 0) is 0 Å². The van der Waals surface area contributed by atoms with E-state index in [1.54, 1.807) is 20.1 Å². The lowest BCUT2D eigenvalue weighted by Gasteiger charge is -2.10. The molecule has 0 aliphatic carbocycles. The Hall–Kier alpha value is -3.41. The van der Waals surface area contributed by atoms with Crippen LogP contribution >= 0.6 is 0 Å². The van der Waals surface area contributed by atoms with Gasteiger partial charge in [-0.2, -0.15) is 0 Å². The topological polar surface area (TPSA) is 76.1 Å². The molecule has 0 radical (unpaired) electrons. The van der Waals surface area contributed by atoms with Gasteiger partial charge >= 0.3 is 0 Å². The second-order valence-corrected chi connectivity index (χ2v) is 5.86. The number of nitrogens with one attached hydrogen (secondary N) is 2. The van der Waals surface area contributed by atoms with Crippen molar-refractivity contribution < 1.29 is 9.53 Å². The van der Waals surface area contributed by atoms with Crippen LogP contribution in [0, 0.1) is 13.8 Å². The van der Waals surface area contributed by atoms with Crippen molar-refractivity contribution in [1.29, 1.82) is 0 Å². The van der Waals surface area contributed by atoms with Crippen molar-refractivity contribution in [2.45, 2.75) is 13.8 Å². The molecule has 1 heterocycles. The summed E-state index contributed by atoms with van der Waals surface area (Å²) in [5.74, 6) is 1.55. The quantitative estimate of drug-likeness (QED) is 0.726. The SMILES string of the molecule is COc1ccc(Nc2cc(C(=O)Nc3ccc(C)cc3)nc(C)n2)cc1. The first kappa shape index (κ1) is 17.4. The minimum atomic E-state index is -0.280. The molecule has 0 saturated heterocycles. The Kier molecular flexibility index (Phi) is 5.12. The molecular weight excluding hydrogens is 328 g/mol. The van der Waals surface area contributed by atoms with Gasteiger partial charge in [0, 0.05) is 17.4 Å². The van der Waals surface area contributed by atoms with Gasteiger partial charge in [0.05, 0.1) is 7.11 Å². The van der Waals surface area contributed by atoms with Gasteiger partial charge in [-0.1, -0.05) is 17.7 Å². The number of carbonyl (C=O) groups excluding carboxylic acids is 1. The van der Waals surface area contributed by atoms with Crippen LogP contribution in [0.2, 0.25) is 0 Å². The van der Waals surface area contributed by atoms with E-state index in [-0.39, 0.29) is 5.91 Å². The molecule has 26 heavy (non-hydrogen) atoms. The third-order valence-corrected chi connectivity index (χ3v) is 3.74. The molecule has 1 aromatic heterocycles. The summed E-state index contributed by atoms with van der Waals surface area (Å²) in [6.45, 7) is 3.75. The lowest BCUT2D eigenvalue weighted by molar-refractivity contribution is 0.102. The summed E-state index contributed by atoms with van der Waals surface area (Å²) in [7, 11) is 1.62. The van der Waals surface area contributed by atoms with Crippen LogP contribution in [0.5, 0.6) is 5.75 Å². The largest absolute Gasteiger partial charge is 0.497 e. The third kappa shape index (κ3) is 4.36. The predicted molar refractivity (Wildman–Crippen MR) is 102 cm³/mol. The molecule has 0 saturated carbocycles. The first-order valence-electron chi connectivity index (χ1n) is 8.18. The van der Waals surface area contributed by atoms with E-state index in [9.17, 15) is 4.79 Å². The Bertz CT molecular complexity index is 906. The van der Waals surface area contributed by atoms with Crippen molar-refractivity contribution >= 4 is 23.1 Å². The van der Waals surface area contributed by atoms with Crippen LogP contribution in [0.3, 0.4) is 0 Å². The number of aromatic nitrogens is 2. The summed E-state index contributed by atoms with van der Waals surface area (Å²) in [4.78, 5) is 21.1. The highest BCUT2D eigenvalue weighted by atomic mass is 16.5. The van der Waals surface area contributed by atoms with Crippen molar-refractivity contribution in [1.82, 2.24) is 9.97 Å². The number of anilines is 3. The molecule has 2 aromatic carbocycles. The molecular formula is C20H20N4O2. The van der Waals surface area contributed by atoms with Crippen molar-refractivity contribution in [2.24, 2.45) is 0 Å². The standard InChI is InChI=1S/C20H20N4O2/c1-13-4-6-16(7-5-13)24-20(25)18-12-19(22-14(2)21-18)23-15-8-10-17(26-3)11-9-15/h4-12H,1-3H3,(H,24,25)(H,21,22,23). The highest BCUT2D eigenvalue weighted by Gasteiger charge is 2.11. The van der Waals surface area contributed by atoms with Gasteiger partial charge in [-0.15, -0.1) is 0 Å². The Labute approximate surface area is 152 Å². The summed E-state index contributed by atoms with van der Waals surface area (Å²) in [5, 5.41) is 6.02. The molecule has 6 heteroatoms. The molecule has 0 unspecified atom stereocenters. The molecule has 6 nitrogen and oxygen atoms in total. The maximum absolute atomic E-state index is 12.5. The van der Waals surface area contributed by atoms with Crippen molar-refractivity contribution in [3.05, 3.63) is 71.7 Å². The second-order valence-electron chi connectivity index (χ2n) is 5.86. The average Bonchev–Trinajstić information content (AvgIpc) is 2.64. The van der Waals surface area contributed by atoms with Gasteiger partial charge in [0.25, 0.3) is 5.91 Å². The van der Waals surface area contributed by atoms with Crippen LogP contribution in [0.25, 0.3) is 0 Å². The van der Waals surface area contributed by atoms with E-state index < -0.39 is 0 Å². The van der Waals surface area contributed by atoms with E-state index in [2.05, 4.69) is 20.6 Å². The molecule has 2 N–H and O–H groups in total. The zero-order chi connectivity index (χ0) is 18.5. The molecule has 3 aromatic rings. The Morgan fingerprint density at radius 3 is 2.23 bits per heavy atom. The number of amides is 1. The molecule has 0 fully saturated rings. The first-order chi connectivity index (χ1) is 12.5. The van der Waals surface area contributed by atoms with Crippen LogP contribution in [0.4, 0.5) is 17.2 Å². The highest BCUT2D eigenvalue weighted by Crippen LogP contribution is 2.19. The van der Waals surface area contributed by atoms with Gasteiger partial charge in [0.1, 0.15) is 23.1 Å². The monoisotopic (exact) mass is 348 g/mol. The molecule has 132 valence electrons. The Morgan fingerprint density at radius 2 is 1.58 bits per heavy atom. The molecule has 0 spiro atoms. The fraction of sp³-hybridized carbons (Fsp3) is 0.150. The summed E-state index contributed by atoms with van der Waals surface area (Å²) in [5.41, 5.74) is 3.00. The van der Waals surface area contributed by atoms with E-state index in [1.807, 2.05) is 55.5 Å². The molecule has 0 bridgehead atoms. The van der Waals surface area contributed by atoms with Gasteiger partial charge in [0.2, 0.25) is 0 Å². The molecule has 0 atom stereocenters. The van der Waals surface area contributed by atoms with Gasteiger partial charge in [-0.3, -0.25) is 4.79 Å². The fourth-order valence-corrected chi connectivity index (χ4v) is 2.40. The van der Waals surface area contributed by atoms with Crippen LogP contribution < -0.4 is 15.4 Å². The van der Waals surface area contributed by atoms with E-state index >= 15 is 0 Å². The zero-order valence-corrected chi connectivity index (χ0v) is 14.9. The predicted octanol–water partition coefficient (Wildman–Crippen LogP) is 4.10. The van der Waals surface area contributed by atoms with Gasteiger partial charge < -0.3 is 15.4 Å². The lowest BCUT2D eigenvalue weighted by Crippen LogP contribution is -2.15. The number of benzene rings is 2. The third-order valence-electron chi connectivity index (χ3n) is 3.74. The van der Waals surface area contributed by atoms with Crippen LogP contribution in [-0.4, -0.2) is 23.0 Å². The number of hydrogen-bond donors (Lipinski definition) is 2. The molecule has 1 amide bonds. The van der Waals surface area contributed by atoms with Crippen molar-refractivity contribution in [2.75, 3.05) is 17.7 Å². The molecule has 0 aliphatic rings. The maximum Gasteiger partial charge on any atom is 0.274 e. The Morgan fingerprint density at radius 1 is 0.923 bits per heavy atom. The van der Waals surface area contributed by atoms with Crippen LogP contribution in [0.1, 0.15) is 21.9 Å². The number of nitrogens with zero attached hydrogens (tertiary/aromatic N) is 2. The number of aryl methyl sites for hydroxylation is 2. The normalized spacial score (nSPS) is 10.3. The van der Waals surface area contributed by atoms with Crippen molar-refractivity contribution in [3.63, 3.8) is 0 Å². The summed E-state index contributed by atoms with van der Waals surface area (Å²) in [6, 6.07) is 16.7. The minimum absolute atomic E-state index is 0.280. The number of carbonyl (C=O) groups is 1. The second kappa shape index (κ2) is 7.65. The zero-order valence-electron chi connectivity index (χ0n) is 14.9. The average molecular weight is 348 g/mol. The highest BCUT2D eigenvalue weighted by molar-refractivity contribution is 6.03. The van der Waals surface area contributed by atoms with Gasteiger partial charge in [-0.05, 0) is 50.2 Å². The number of rotatable bonds is 5. The Balaban J connectivity index is 1.77. The fourth-order valence-electron chi connectivity index (χ4n) is 2.40. The summed E-state index contributed by atoms with van der Waals surface area (Å²) >= 11 is 0. The van der Waals surface area contributed by atoms with E-state index in [1.165, 1.54) is 0 Å². The lowest BCUT2D eigenvalue weighted by atomic mass is 10.2. The maximum atomic E-state index is 12.5. The summed E-state index contributed by atoms with van der Waals surface area (Å²) < 4.78 is 5.15. The van der Waals surface area contributed by atoms with Crippen molar-refractivity contribution in [3.8, 4) is 5.75 Å². The van der Waals surface area contributed by atoms with Gasteiger partial charge in [-0.25, -0.2) is 9.97 Å². The number of methoxy groups -OCH3 is 1. The molecule has 0 aliphatic heterocycles. The van der Waals surface area contributed by atoms with Crippen LogP contribution in [0.15, 0.2) is 54.6 Å². The molecule has 3 rings (SSSR count). The van der Waals surface area contributed by atoms with Gasteiger partial charge in [0.15, 0.2) is 0 Å². The van der Waals surface area contributed by atoms with E-state index in [4.69, 9.17) is 4.74 Å². The summed E-state index contributed by atoms with van der Waals surface area (Å²) in [6.07, 6.45) is 0. The number of hydrogen-bond acceptors (Lipinski definition) is 5. The van der Waals surface area contributed by atoms with E-state index in [0.717, 1.165) is 22.7 Å². The smallest absolute Gasteiger partial charge is 0.274 e. The number of ether oxygens (including phenoxy) is 1.